The summed E-state index contributed by atoms with van der Waals surface area (Å²) in [5.41, 5.74) is 5.91. The van der Waals surface area contributed by atoms with Gasteiger partial charge in [0.05, 0.1) is 16.7 Å². The van der Waals surface area contributed by atoms with Crippen molar-refractivity contribution >= 4 is 22.9 Å². The number of benzene rings is 3. The lowest BCUT2D eigenvalue weighted by Crippen LogP contribution is -2.39. The Bertz CT molecular complexity index is 1850. The third-order valence-corrected chi connectivity index (χ3v) is 10.0. The van der Waals surface area contributed by atoms with E-state index in [9.17, 15) is 4.79 Å². The predicted molar refractivity (Wildman–Crippen MR) is 185 cm³/mol. The Morgan fingerprint density at radius 3 is 2.64 bits per heavy atom. The van der Waals surface area contributed by atoms with E-state index in [0.717, 1.165) is 87.8 Å². The minimum absolute atomic E-state index is 0.0708. The number of fused-ring (bicyclic) bond motifs is 1. The first-order valence-electron chi connectivity index (χ1n) is 16.8. The Hall–Kier alpha value is -4.83. The van der Waals surface area contributed by atoms with Crippen LogP contribution in [0.5, 0.6) is 0 Å². The fourth-order valence-electron chi connectivity index (χ4n) is 7.32. The summed E-state index contributed by atoms with van der Waals surface area (Å²) in [5.74, 6) is 1.14. The Morgan fingerprint density at radius 1 is 0.957 bits per heavy atom. The van der Waals surface area contributed by atoms with E-state index in [2.05, 4.69) is 108 Å². The van der Waals surface area contributed by atoms with Crippen molar-refractivity contribution in [2.45, 2.75) is 45.1 Å². The van der Waals surface area contributed by atoms with Crippen molar-refractivity contribution < 1.29 is 4.79 Å². The van der Waals surface area contributed by atoms with Gasteiger partial charge in [-0.05, 0) is 92.0 Å². The fourth-order valence-corrected chi connectivity index (χ4v) is 7.32. The van der Waals surface area contributed by atoms with Gasteiger partial charge >= 0.3 is 0 Å². The topological polar surface area (TPSA) is 88.2 Å². The molecule has 1 unspecified atom stereocenters. The minimum Gasteiger partial charge on any atom is -0.341 e. The summed E-state index contributed by atoms with van der Waals surface area (Å²) >= 11 is 0. The molecule has 0 saturated carbocycles. The van der Waals surface area contributed by atoms with Gasteiger partial charge in [-0.25, -0.2) is 9.67 Å². The second-order valence-electron chi connectivity index (χ2n) is 12.9. The highest BCUT2D eigenvalue weighted by Gasteiger charge is 2.42. The van der Waals surface area contributed by atoms with Gasteiger partial charge in [-0.3, -0.25) is 4.79 Å². The van der Waals surface area contributed by atoms with E-state index in [0.29, 0.717) is 12.1 Å². The Balaban J connectivity index is 1.06. The molecule has 7 rings (SSSR count). The summed E-state index contributed by atoms with van der Waals surface area (Å²) in [6.45, 7) is 11.3. The highest BCUT2D eigenvalue weighted by molar-refractivity contribution is 5.96. The number of aromatic nitrogens is 6. The standard InChI is InChI=1S/C37H43N9O/c1-3-4-21-45-34-14-9-8-13-33(34)39-36(45)43-20-10-19-42(24-25-43)22-17-37(30-11-6-5-7-12-30)18-23-44(27-37)35(47)32-26-31(16-15-29(32)2)46-28-38-40-41-46/h3-9,11-16,26,28H,10,17-25,27H2,1-2H3/b4-3+. The molecule has 0 N–H and O–H groups in total. The number of para-hydroxylation sites is 2. The highest BCUT2D eigenvalue weighted by Crippen LogP contribution is 2.39. The van der Waals surface area contributed by atoms with Crippen LogP contribution < -0.4 is 4.90 Å². The zero-order valence-electron chi connectivity index (χ0n) is 27.4. The number of hydrogen-bond acceptors (Lipinski definition) is 7. The maximum atomic E-state index is 14.0. The van der Waals surface area contributed by atoms with Crippen LogP contribution in [0.1, 0.15) is 47.7 Å². The van der Waals surface area contributed by atoms with Crippen LogP contribution in [-0.4, -0.2) is 91.3 Å². The average Bonchev–Trinajstić information content (AvgIpc) is 3.84. The van der Waals surface area contributed by atoms with Gasteiger partial charge in [0, 0.05) is 50.2 Å². The summed E-state index contributed by atoms with van der Waals surface area (Å²) in [4.78, 5) is 26.2. The Kier molecular flexibility index (Phi) is 8.84. The van der Waals surface area contributed by atoms with Crippen molar-refractivity contribution in [3.8, 4) is 5.69 Å². The number of carbonyl (C=O) groups excluding carboxylic acids is 1. The fraction of sp³-hybridized carbons (Fsp3) is 0.378. The van der Waals surface area contributed by atoms with Crippen molar-refractivity contribution in [3.05, 3.63) is 108 Å². The monoisotopic (exact) mass is 629 g/mol. The van der Waals surface area contributed by atoms with E-state index >= 15 is 0 Å². The Labute approximate surface area is 276 Å². The molecule has 2 saturated heterocycles. The van der Waals surface area contributed by atoms with Crippen molar-refractivity contribution in [3.63, 3.8) is 0 Å². The lowest BCUT2D eigenvalue weighted by Gasteiger charge is -2.33. The van der Waals surface area contributed by atoms with Crippen LogP contribution in [0.3, 0.4) is 0 Å². The third-order valence-electron chi connectivity index (χ3n) is 10.0. The van der Waals surface area contributed by atoms with Crippen molar-refractivity contribution in [1.82, 2.24) is 39.6 Å². The molecule has 242 valence electrons. The zero-order valence-corrected chi connectivity index (χ0v) is 27.4. The summed E-state index contributed by atoms with van der Waals surface area (Å²) in [5, 5.41) is 11.5. The minimum atomic E-state index is -0.0925. The first kappa shape index (κ1) is 30.8. The molecule has 3 aromatic carbocycles. The van der Waals surface area contributed by atoms with E-state index < -0.39 is 0 Å². The van der Waals surface area contributed by atoms with Crippen LogP contribution in [0, 0.1) is 6.92 Å². The normalized spacial score (nSPS) is 19.2. The number of nitrogens with zero attached hydrogens (tertiary/aromatic N) is 9. The number of imidazole rings is 1. The molecule has 47 heavy (non-hydrogen) atoms. The second-order valence-corrected chi connectivity index (χ2v) is 12.9. The molecule has 1 atom stereocenters. The van der Waals surface area contributed by atoms with Crippen molar-refractivity contribution in [2.75, 3.05) is 50.7 Å². The van der Waals surface area contributed by atoms with E-state index in [-0.39, 0.29) is 11.3 Å². The van der Waals surface area contributed by atoms with Crippen LogP contribution in [-0.2, 0) is 12.0 Å². The molecule has 10 heteroatoms. The third kappa shape index (κ3) is 6.30. The molecule has 1 amide bonds. The van der Waals surface area contributed by atoms with Gasteiger partial charge in [0.2, 0.25) is 5.95 Å². The van der Waals surface area contributed by atoms with Crippen LogP contribution in [0.25, 0.3) is 16.7 Å². The molecule has 2 aromatic heterocycles. The van der Waals surface area contributed by atoms with E-state index in [1.165, 1.54) is 11.1 Å². The number of amides is 1. The second kappa shape index (κ2) is 13.5. The molecule has 2 fully saturated rings. The number of likely N-dealkylation sites (tertiary alicyclic amines) is 1. The van der Waals surface area contributed by atoms with Crippen LogP contribution in [0.4, 0.5) is 5.95 Å². The number of tetrazole rings is 1. The van der Waals surface area contributed by atoms with E-state index in [1.807, 2.05) is 25.1 Å². The first-order chi connectivity index (χ1) is 23.0. The van der Waals surface area contributed by atoms with Gasteiger partial charge in [0.25, 0.3) is 5.91 Å². The summed E-state index contributed by atoms with van der Waals surface area (Å²) < 4.78 is 3.94. The summed E-state index contributed by atoms with van der Waals surface area (Å²) in [6, 6.07) is 25.1. The largest absolute Gasteiger partial charge is 0.341 e. The lowest BCUT2D eigenvalue weighted by atomic mass is 9.76. The Morgan fingerprint density at radius 2 is 1.81 bits per heavy atom. The molecule has 4 heterocycles. The van der Waals surface area contributed by atoms with Gasteiger partial charge in [-0.2, -0.15) is 0 Å². The van der Waals surface area contributed by atoms with E-state index in [1.54, 1.807) is 11.0 Å². The summed E-state index contributed by atoms with van der Waals surface area (Å²) in [7, 11) is 0. The number of hydrogen-bond donors (Lipinski definition) is 0. The highest BCUT2D eigenvalue weighted by atomic mass is 16.2. The SMILES string of the molecule is C/C=C/Cn1c(N2CCCN(CCC3(c4ccccc4)CCN(C(=O)c4cc(-n5cnnn5)ccc4C)C3)CC2)nc2ccccc21. The van der Waals surface area contributed by atoms with Gasteiger partial charge in [0.1, 0.15) is 6.33 Å². The van der Waals surface area contributed by atoms with Crippen LogP contribution in [0.15, 0.2) is 91.3 Å². The van der Waals surface area contributed by atoms with E-state index in [4.69, 9.17) is 4.98 Å². The molecule has 10 nitrogen and oxygen atoms in total. The maximum Gasteiger partial charge on any atom is 0.254 e. The van der Waals surface area contributed by atoms with Gasteiger partial charge in [0.15, 0.2) is 0 Å². The quantitative estimate of drug-likeness (QED) is 0.205. The molecule has 2 aliphatic rings. The molecule has 0 radical (unpaired) electrons. The van der Waals surface area contributed by atoms with Crippen LogP contribution >= 0.6 is 0 Å². The average molecular weight is 630 g/mol. The van der Waals surface area contributed by atoms with Crippen molar-refractivity contribution in [2.24, 2.45) is 0 Å². The van der Waals surface area contributed by atoms with Gasteiger partial charge in [-0.15, -0.1) is 5.10 Å². The first-order valence-corrected chi connectivity index (χ1v) is 16.8. The number of allylic oxidation sites excluding steroid dienone is 2. The van der Waals surface area contributed by atoms with Gasteiger partial charge in [-0.1, -0.05) is 60.7 Å². The molecule has 0 aliphatic carbocycles. The predicted octanol–water partition coefficient (Wildman–Crippen LogP) is 5.28. The number of rotatable bonds is 9. The smallest absolute Gasteiger partial charge is 0.254 e. The molecule has 5 aromatic rings. The number of anilines is 1. The maximum absolute atomic E-state index is 14.0. The summed E-state index contributed by atoms with van der Waals surface area (Å²) in [6.07, 6.45) is 8.91. The molecule has 0 spiro atoms. The number of aryl methyl sites for hydroxylation is 1. The molecule has 2 aliphatic heterocycles. The van der Waals surface area contributed by atoms with Crippen molar-refractivity contribution in [1.29, 1.82) is 0 Å². The lowest BCUT2D eigenvalue weighted by molar-refractivity contribution is 0.0780. The zero-order chi connectivity index (χ0) is 32.2. The molecular weight excluding hydrogens is 586 g/mol. The molecular formula is C37H43N9O. The molecule has 0 bridgehead atoms. The number of carbonyl (C=O) groups is 1. The van der Waals surface area contributed by atoms with Gasteiger partial charge < -0.3 is 19.3 Å². The van der Waals surface area contributed by atoms with Crippen LogP contribution in [0.2, 0.25) is 0 Å².